The molecule has 1 aromatic heterocycles. The lowest BCUT2D eigenvalue weighted by atomic mass is 9.90. The summed E-state index contributed by atoms with van der Waals surface area (Å²) < 4.78 is 10.3. The van der Waals surface area contributed by atoms with Crippen molar-refractivity contribution in [2.45, 2.75) is 58.6 Å². The van der Waals surface area contributed by atoms with E-state index in [9.17, 15) is 24.3 Å². The molecule has 0 unspecified atom stereocenters. The number of amides is 3. The number of rotatable bonds is 17. The summed E-state index contributed by atoms with van der Waals surface area (Å²) in [4.78, 5) is 55.6. The van der Waals surface area contributed by atoms with Gasteiger partial charge < -0.3 is 24.9 Å². The molecule has 0 fully saturated rings. The topological polar surface area (TPSA) is 147 Å². The van der Waals surface area contributed by atoms with E-state index in [4.69, 9.17) is 9.25 Å². The molecule has 1 heterocycles. The van der Waals surface area contributed by atoms with Gasteiger partial charge in [-0.3, -0.25) is 19.2 Å². The summed E-state index contributed by atoms with van der Waals surface area (Å²) in [6.45, 7) is 4.00. The van der Waals surface area contributed by atoms with Gasteiger partial charge in [-0.15, -0.1) is 0 Å². The van der Waals surface area contributed by atoms with Crippen LogP contribution in [0.3, 0.4) is 0 Å². The normalized spacial score (nSPS) is 12.2. The van der Waals surface area contributed by atoms with Gasteiger partial charge in [-0.1, -0.05) is 69.5 Å². The second-order valence-corrected chi connectivity index (χ2v) is 9.91. The third-order valence-corrected chi connectivity index (χ3v) is 7.02. The van der Waals surface area contributed by atoms with Crippen LogP contribution in [-0.2, 0) is 25.8 Å². The number of ether oxygens (including phenoxy) is 1. The SMILES string of the molecule is CCCCC[C@@H](C(=O)NCNC(=O)c1ccc(-c2ccc(C(=O)OC)c(O)c2)o1)[C@@H](CC)N(C=O)OCc1ccccc1. The predicted molar refractivity (Wildman–Crippen MR) is 158 cm³/mol. The molecule has 2 atom stereocenters. The van der Waals surface area contributed by atoms with Gasteiger partial charge in [-0.2, -0.15) is 0 Å². The number of hydroxylamine groups is 2. The Morgan fingerprint density at radius 1 is 1.02 bits per heavy atom. The van der Waals surface area contributed by atoms with E-state index in [1.807, 2.05) is 37.3 Å². The molecule has 3 amide bonds. The first kappa shape index (κ1) is 32.9. The molecule has 3 N–H and O–H groups in total. The molecule has 230 valence electrons. The molecule has 0 aliphatic carbocycles. The van der Waals surface area contributed by atoms with Crippen LogP contribution in [-0.4, -0.2) is 54.2 Å². The minimum Gasteiger partial charge on any atom is -0.507 e. The largest absolute Gasteiger partial charge is 0.507 e. The lowest BCUT2D eigenvalue weighted by Gasteiger charge is -2.32. The molecular formula is C32H39N3O8. The second kappa shape index (κ2) is 16.7. The highest BCUT2D eigenvalue weighted by atomic mass is 16.7. The van der Waals surface area contributed by atoms with Gasteiger partial charge in [0.05, 0.1) is 25.7 Å². The van der Waals surface area contributed by atoms with Crippen molar-refractivity contribution in [3.63, 3.8) is 0 Å². The lowest BCUT2D eigenvalue weighted by molar-refractivity contribution is -0.200. The van der Waals surface area contributed by atoms with Crippen molar-refractivity contribution in [1.82, 2.24) is 15.7 Å². The molecule has 0 bridgehead atoms. The number of phenols is 1. The standard InChI is InChI=1S/C32H39N3O8/c1-4-6-8-13-24(26(5-2)35(21-36)42-19-22-11-9-7-10-12-22)30(38)33-20-34-31(39)29-17-16-28(43-29)23-14-15-25(27(37)18-23)32(40)41-3/h7,9-12,14-18,21,24,26,37H,4-6,8,13,19-20H2,1-3H3,(H,33,38)(H,34,39)/t24-,26-/m1/s1. The first-order valence-electron chi connectivity index (χ1n) is 14.3. The van der Waals surface area contributed by atoms with E-state index in [0.717, 1.165) is 24.8 Å². The minimum absolute atomic E-state index is 0.00356. The highest BCUT2D eigenvalue weighted by Gasteiger charge is 2.32. The Morgan fingerprint density at radius 2 is 1.79 bits per heavy atom. The van der Waals surface area contributed by atoms with Gasteiger partial charge in [0, 0.05) is 5.56 Å². The molecule has 0 radical (unpaired) electrons. The predicted octanol–water partition coefficient (Wildman–Crippen LogP) is 4.81. The molecule has 43 heavy (non-hydrogen) atoms. The van der Waals surface area contributed by atoms with Gasteiger partial charge in [0.2, 0.25) is 12.3 Å². The molecule has 11 heteroatoms. The smallest absolute Gasteiger partial charge is 0.341 e. The molecule has 0 spiro atoms. The van der Waals surface area contributed by atoms with Crippen molar-refractivity contribution in [2.24, 2.45) is 5.92 Å². The lowest BCUT2D eigenvalue weighted by Crippen LogP contribution is -2.48. The fourth-order valence-corrected chi connectivity index (χ4v) is 4.69. The summed E-state index contributed by atoms with van der Waals surface area (Å²) in [5.74, 6) is -2.09. The number of nitrogens with one attached hydrogen (secondary N) is 2. The number of hydrogen-bond acceptors (Lipinski definition) is 8. The molecule has 11 nitrogen and oxygen atoms in total. The van der Waals surface area contributed by atoms with E-state index in [-0.39, 0.29) is 36.3 Å². The zero-order valence-electron chi connectivity index (χ0n) is 24.7. The Morgan fingerprint density at radius 3 is 2.44 bits per heavy atom. The van der Waals surface area contributed by atoms with E-state index in [1.54, 1.807) is 12.1 Å². The van der Waals surface area contributed by atoms with E-state index in [2.05, 4.69) is 22.3 Å². The van der Waals surface area contributed by atoms with Crippen molar-refractivity contribution < 1.29 is 38.3 Å². The number of hydrogen-bond donors (Lipinski definition) is 3. The zero-order valence-corrected chi connectivity index (χ0v) is 24.7. The Balaban J connectivity index is 1.61. The number of carbonyl (C=O) groups is 4. The highest BCUT2D eigenvalue weighted by molar-refractivity contribution is 5.94. The molecule has 3 rings (SSSR count). The van der Waals surface area contributed by atoms with Crippen LogP contribution in [0.4, 0.5) is 0 Å². The monoisotopic (exact) mass is 593 g/mol. The van der Waals surface area contributed by atoms with Gasteiger partial charge in [0.1, 0.15) is 23.7 Å². The first-order chi connectivity index (χ1) is 20.8. The Labute approximate surface area is 251 Å². The van der Waals surface area contributed by atoms with Gasteiger partial charge in [0.15, 0.2) is 5.76 Å². The maximum Gasteiger partial charge on any atom is 0.341 e. The number of nitrogens with zero attached hydrogens (tertiary/aromatic N) is 1. The minimum atomic E-state index is -0.679. The molecular weight excluding hydrogens is 554 g/mol. The number of carbonyl (C=O) groups excluding carboxylic acids is 4. The van der Waals surface area contributed by atoms with Crippen LogP contribution < -0.4 is 10.6 Å². The molecule has 0 aliphatic heterocycles. The second-order valence-electron chi connectivity index (χ2n) is 9.91. The fraction of sp³-hybridized carbons (Fsp3) is 0.375. The summed E-state index contributed by atoms with van der Waals surface area (Å²) in [5.41, 5.74) is 1.35. The highest BCUT2D eigenvalue weighted by Crippen LogP contribution is 2.28. The van der Waals surface area contributed by atoms with Crippen LogP contribution in [0.5, 0.6) is 5.75 Å². The van der Waals surface area contributed by atoms with Crippen LogP contribution in [0.25, 0.3) is 11.3 Å². The average Bonchev–Trinajstić information content (AvgIpc) is 3.52. The molecule has 0 saturated carbocycles. The summed E-state index contributed by atoms with van der Waals surface area (Å²) in [6, 6.07) is 16.3. The Bertz CT molecular complexity index is 1360. The van der Waals surface area contributed by atoms with Crippen LogP contribution in [0, 0.1) is 5.92 Å². The molecule has 3 aromatic rings. The third-order valence-electron chi connectivity index (χ3n) is 7.02. The van der Waals surface area contributed by atoms with Crippen LogP contribution in [0.1, 0.15) is 72.4 Å². The van der Waals surface area contributed by atoms with Crippen LogP contribution in [0.15, 0.2) is 65.1 Å². The number of unbranched alkanes of at least 4 members (excludes halogenated alkanes) is 2. The van der Waals surface area contributed by atoms with Gasteiger partial charge >= 0.3 is 5.97 Å². The van der Waals surface area contributed by atoms with Gasteiger partial charge in [0.25, 0.3) is 5.91 Å². The summed E-state index contributed by atoms with van der Waals surface area (Å²) in [7, 11) is 1.21. The summed E-state index contributed by atoms with van der Waals surface area (Å²) in [6.07, 6.45) is 4.37. The fourth-order valence-electron chi connectivity index (χ4n) is 4.69. The maximum atomic E-state index is 13.3. The third kappa shape index (κ3) is 9.17. The summed E-state index contributed by atoms with van der Waals surface area (Å²) in [5, 5.41) is 16.7. The Kier molecular flexibility index (Phi) is 12.8. The van der Waals surface area contributed by atoms with E-state index >= 15 is 0 Å². The van der Waals surface area contributed by atoms with Crippen molar-refractivity contribution >= 4 is 24.2 Å². The van der Waals surface area contributed by atoms with E-state index in [1.165, 1.54) is 30.4 Å². The number of phenolic OH excluding ortho intramolecular Hbond substituents is 1. The van der Waals surface area contributed by atoms with Crippen LogP contribution in [0.2, 0.25) is 0 Å². The number of aromatic hydroxyl groups is 1. The summed E-state index contributed by atoms with van der Waals surface area (Å²) >= 11 is 0. The molecule has 0 aliphatic rings. The van der Waals surface area contributed by atoms with E-state index in [0.29, 0.717) is 30.6 Å². The van der Waals surface area contributed by atoms with Crippen molar-refractivity contribution in [3.05, 3.63) is 77.6 Å². The number of benzene rings is 2. The number of furan rings is 1. The van der Waals surface area contributed by atoms with Crippen molar-refractivity contribution in [1.29, 1.82) is 0 Å². The number of esters is 1. The van der Waals surface area contributed by atoms with Crippen LogP contribution >= 0.6 is 0 Å². The number of methoxy groups -OCH3 is 1. The van der Waals surface area contributed by atoms with Crippen molar-refractivity contribution in [3.8, 4) is 17.1 Å². The average molecular weight is 594 g/mol. The zero-order chi connectivity index (χ0) is 31.2. The molecule has 2 aromatic carbocycles. The maximum absolute atomic E-state index is 13.3. The first-order valence-corrected chi connectivity index (χ1v) is 14.3. The quantitative estimate of drug-likeness (QED) is 0.0664. The Hall–Kier alpha value is -4.64. The van der Waals surface area contributed by atoms with Gasteiger partial charge in [-0.25, -0.2) is 9.86 Å². The van der Waals surface area contributed by atoms with E-state index < -0.39 is 23.8 Å². The van der Waals surface area contributed by atoms with Gasteiger partial charge in [-0.05, 0) is 42.7 Å². The molecule has 0 saturated heterocycles. The van der Waals surface area contributed by atoms with Crippen molar-refractivity contribution in [2.75, 3.05) is 13.8 Å².